The maximum absolute atomic E-state index is 13.5. The number of nitrogens with zero attached hydrogens (tertiary/aromatic N) is 3. The van der Waals surface area contributed by atoms with Gasteiger partial charge in [-0.3, -0.25) is 4.79 Å². The van der Waals surface area contributed by atoms with Crippen LogP contribution in [0.25, 0.3) is 11.0 Å². The normalized spacial score (nSPS) is 11.1. The number of carbonyl (C=O) groups is 2. The molecule has 4 aromatic rings. The number of nitrogens with one attached hydrogen (secondary N) is 2. The maximum Gasteiger partial charge on any atom is 0.323 e. The van der Waals surface area contributed by atoms with E-state index >= 15 is 0 Å². The van der Waals surface area contributed by atoms with E-state index in [4.69, 9.17) is 28.9 Å². The van der Waals surface area contributed by atoms with Gasteiger partial charge >= 0.3 is 6.03 Å². The van der Waals surface area contributed by atoms with Crippen molar-refractivity contribution in [2.24, 2.45) is 0 Å². The van der Waals surface area contributed by atoms with Crippen LogP contribution in [0.1, 0.15) is 41.4 Å². The molecule has 2 heterocycles. The topological polar surface area (TPSA) is 115 Å². The summed E-state index contributed by atoms with van der Waals surface area (Å²) in [5.41, 5.74) is 9.18. The van der Waals surface area contributed by atoms with Gasteiger partial charge in [0.05, 0.1) is 10.9 Å². The predicted molar refractivity (Wildman–Crippen MR) is 136 cm³/mol. The lowest BCUT2D eigenvalue weighted by molar-refractivity contribution is 0.104. The van der Waals surface area contributed by atoms with Crippen LogP contribution in [0, 0.1) is 6.92 Å². The van der Waals surface area contributed by atoms with E-state index in [1.807, 2.05) is 25.3 Å². The lowest BCUT2D eigenvalue weighted by Crippen LogP contribution is -2.20. The Labute approximate surface area is 206 Å². The Hall–Kier alpha value is -3.62. The number of amides is 2. The highest BCUT2D eigenvalue weighted by Crippen LogP contribution is 2.29. The molecule has 8 nitrogen and oxygen atoms in total. The molecule has 174 valence electrons. The van der Waals surface area contributed by atoms with E-state index in [9.17, 15) is 9.59 Å². The van der Waals surface area contributed by atoms with E-state index in [1.165, 1.54) is 6.33 Å². The fourth-order valence-electron chi connectivity index (χ4n) is 3.64. The molecule has 0 saturated carbocycles. The summed E-state index contributed by atoms with van der Waals surface area (Å²) in [5.74, 6) is -0.0197. The molecule has 0 atom stereocenters. The summed E-state index contributed by atoms with van der Waals surface area (Å²) in [7, 11) is 0. The number of nitrogens with two attached hydrogens (primary N) is 1. The van der Waals surface area contributed by atoms with Crippen LogP contribution in [0.15, 0.2) is 48.9 Å². The van der Waals surface area contributed by atoms with Gasteiger partial charge in [-0.05, 0) is 50.6 Å². The zero-order valence-electron chi connectivity index (χ0n) is 18.7. The number of hydrogen-bond acceptors (Lipinski definition) is 5. The van der Waals surface area contributed by atoms with Gasteiger partial charge in [-0.1, -0.05) is 35.3 Å². The number of carbonyl (C=O) groups excluding carboxylic acids is 2. The van der Waals surface area contributed by atoms with Gasteiger partial charge in [0.1, 0.15) is 17.8 Å². The minimum absolute atomic E-state index is 0.0669. The first kappa shape index (κ1) is 23.5. The van der Waals surface area contributed by atoms with E-state index in [0.29, 0.717) is 43.6 Å². The molecule has 34 heavy (non-hydrogen) atoms. The lowest BCUT2D eigenvalue weighted by atomic mass is 10.0. The largest absolute Gasteiger partial charge is 0.383 e. The predicted octanol–water partition coefficient (Wildman–Crippen LogP) is 6.08. The van der Waals surface area contributed by atoms with E-state index in [1.54, 1.807) is 42.6 Å². The summed E-state index contributed by atoms with van der Waals surface area (Å²) >= 11 is 12.0. The highest BCUT2D eigenvalue weighted by molar-refractivity contribution is 6.35. The van der Waals surface area contributed by atoms with E-state index in [0.717, 1.165) is 5.56 Å². The van der Waals surface area contributed by atoms with Crippen LogP contribution in [0.2, 0.25) is 10.0 Å². The van der Waals surface area contributed by atoms with Gasteiger partial charge in [0.2, 0.25) is 0 Å². The van der Waals surface area contributed by atoms with Crippen molar-refractivity contribution in [1.29, 1.82) is 0 Å². The number of aryl methyl sites for hydroxylation is 1. The van der Waals surface area contributed by atoms with E-state index in [-0.39, 0.29) is 17.6 Å². The summed E-state index contributed by atoms with van der Waals surface area (Å²) in [4.78, 5) is 34.4. The molecule has 0 bridgehead atoms. The Morgan fingerprint density at radius 3 is 2.41 bits per heavy atom. The van der Waals surface area contributed by atoms with Crippen LogP contribution in [0.5, 0.6) is 0 Å². The van der Waals surface area contributed by atoms with E-state index < -0.39 is 6.03 Å². The minimum Gasteiger partial charge on any atom is -0.383 e. The Kier molecular flexibility index (Phi) is 6.45. The number of halogens is 2. The number of urea groups is 1. The second-order valence-corrected chi connectivity index (χ2v) is 8.97. The van der Waals surface area contributed by atoms with Crippen LogP contribution in [0.3, 0.4) is 0 Å². The zero-order valence-corrected chi connectivity index (χ0v) is 20.2. The van der Waals surface area contributed by atoms with Crippen molar-refractivity contribution >= 4 is 63.2 Å². The Balaban J connectivity index is 1.65. The van der Waals surface area contributed by atoms with Crippen molar-refractivity contribution < 1.29 is 9.59 Å². The first-order valence-electron chi connectivity index (χ1n) is 10.4. The molecular formula is C24H22Cl2N6O2. The minimum atomic E-state index is -0.500. The maximum atomic E-state index is 13.5. The average molecular weight is 497 g/mol. The Bertz CT molecular complexity index is 1410. The molecule has 4 N–H and O–H groups in total. The number of fused-ring (bicyclic) bond motifs is 1. The molecule has 0 radical (unpaired) electrons. The summed E-state index contributed by atoms with van der Waals surface area (Å²) in [5, 5.41) is 6.76. The molecule has 0 unspecified atom stereocenters. The molecule has 0 aliphatic heterocycles. The third-order valence-corrected chi connectivity index (χ3v) is 5.74. The molecule has 0 saturated heterocycles. The van der Waals surface area contributed by atoms with Crippen LogP contribution in [-0.4, -0.2) is 26.3 Å². The smallest absolute Gasteiger partial charge is 0.323 e. The van der Waals surface area contributed by atoms with Crippen molar-refractivity contribution in [2.75, 3.05) is 16.4 Å². The molecule has 0 fully saturated rings. The van der Waals surface area contributed by atoms with Crippen LogP contribution >= 0.6 is 23.2 Å². The summed E-state index contributed by atoms with van der Waals surface area (Å²) in [6.07, 6.45) is 3.12. The number of anilines is 3. The second kappa shape index (κ2) is 9.32. The number of rotatable bonds is 5. The van der Waals surface area contributed by atoms with Gasteiger partial charge in [-0.2, -0.15) is 0 Å². The van der Waals surface area contributed by atoms with Crippen LogP contribution in [0.4, 0.5) is 22.0 Å². The molecular weight excluding hydrogens is 475 g/mol. The van der Waals surface area contributed by atoms with Gasteiger partial charge in [0, 0.05) is 39.2 Å². The Morgan fingerprint density at radius 2 is 1.74 bits per heavy atom. The highest BCUT2D eigenvalue weighted by Gasteiger charge is 2.22. The molecule has 0 aliphatic carbocycles. The summed E-state index contributed by atoms with van der Waals surface area (Å²) in [6.45, 7) is 5.81. The fraction of sp³-hybridized carbons (Fsp3) is 0.167. The van der Waals surface area contributed by atoms with Crippen molar-refractivity contribution in [3.05, 3.63) is 75.7 Å². The van der Waals surface area contributed by atoms with Gasteiger partial charge in [-0.25, -0.2) is 14.8 Å². The first-order chi connectivity index (χ1) is 16.1. The molecule has 0 aliphatic rings. The fourth-order valence-corrected chi connectivity index (χ4v) is 4.16. The van der Waals surface area contributed by atoms with Crippen LogP contribution in [-0.2, 0) is 0 Å². The second-order valence-electron chi connectivity index (χ2n) is 8.10. The van der Waals surface area contributed by atoms with E-state index in [2.05, 4.69) is 20.6 Å². The quantitative estimate of drug-likeness (QED) is 0.289. The van der Waals surface area contributed by atoms with Gasteiger partial charge in [0.25, 0.3) is 0 Å². The molecule has 2 aromatic heterocycles. The summed E-state index contributed by atoms with van der Waals surface area (Å²) in [6, 6.07) is 9.39. The third-order valence-electron chi connectivity index (χ3n) is 5.31. The molecule has 4 rings (SSSR count). The summed E-state index contributed by atoms with van der Waals surface area (Å²) < 4.78 is 1.89. The van der Waals surface area contributed by atoms with Crippen molar-refractivity contribution in [1.82, 2.24) is 14.5 Å². The van der Waals surface area contributed by atoms with Crippen molar-refractivity contribution in [3.8, 4) is 0 Å². The zero-order chi connectivity index (χ0) is 24.6. The number of ketones is 1. The lowest BCUT2D eigenvalue weighted by Gasteiger charge is -2.12. The van der Waals surface area contributed by atoms with Gasteiger partial charge < -0.3 is 20.9 Å². The Morgan fingerprint density at radius 1 is 1.03 bits per heavy atom. The van der Waals surface area contributed by atoms with Crippen LogP contribution < -0.4 is 16.4 Å². The van der Waals surface area contributed by atoms with Gasteiger partial charge in [-0.15, -0.1) is 0 Å². The highest BCUT2D eigenvalue weighted by atomic mass is 35.5. The van der Waals surface area contributed by atoms with Crippen molar-refractivity contribution in [2.45, 2.75) is 26.8 Å². The first-order valence-corrected chi connectivity index (χ1v) is 11.2. The third kappa shape index (κ3) is 4.69. The number of hydrogen-bond donors (Lipinski definition) is 3. The van der Waals surface area contributed by atoms with Gasteiger partial charge in [0.15, 0.2) is 5.78 Å². The number of benzene rings is 2. The molecule has 2 amide bonds. The SMILES string of the molecule is Cc1ccc(C(=O)c2cn(C(C)C)c3ncnc(N)c23)cc1NC(=O)Nc1cc(Cl)cc(Cl)c1. The number of aromatic nitrogens is 3. The number of nitrogen functional groups attached to an aromatic ring is 1. The monoisotopic (exact) mass is 496 g/mol. The molecule has 10 heteroatoms. The van der Waals surface area contributed by atoms with Crippen molar-refractivity contribution in [3.63, 3.8) is 0 Å². The molecule has 0 spiro atoms. The average Bonchev–Trinajstić information content (AvgIpc) is 3.15. The standard InChI is InChI=1S/C24H22Cl2N6O2/c1-12(2)32-10-18(20-22(27)28-11-29-23(20)32)21(33)14-5-4-13(3)19(6-14)31-24(34)30-17-8-15(25)7-16(26)9-17/h4-12H,1-3H3,(H2,27,28,29)(H2,30,31,34). The molecule has 2 aromatic carbocycles.